The second kappa shape index (κ2) is 7.78. The topological polar surface area (TPSA) is 88.3 Å². The van der Waals surface area contributed by atoms with Crippen molar-refractivity contribution in [1.29, 1.82) is 0 Å². The number of likely N-dealkylation sites (tertiary alicyclic amines) is 1. The van der Waals surface area contributed by atoms with Gasteiger partial charge >= 0.3 is 5.69 Å². The van der Waals surface area contributed by atoms with Crippen LogP contribution >= 0.6 is 0 Å². The Balaban J connectivity index is 1.49. The highest BCUT2D eigenvalue weighted by atomic mass is 16.2. The van der Waals surface area contributed by atoms with E-state index >= 15 is 0 Å². The summed E-state index contributed by atoms with van der Waals surface area (Å²) < 4.78 is 3.22. The van der Waals surface area contributed by atoms with Crippen molar-refractivity contribution in [1.82, 2.24) is 29.0 Å². The van der Waals surface area contributed by atoms with Gasteiger partial charge in [-0.05, 0) is 42.5 Å². The lowest BCUT2D eigenvalue weighted by atomic mass is 9.70. The largest absolute Gasteiger partial charge is 0.343 e. The molecule has 3 aromatic heterocycles. The summed E-state index contributed by atoms with van der Waals surface area (Å²) in [6.07, 6.45) is 6.64. The number of aromatic nitrogens is 5. The Hall–Kier alpha value is -3.68. The standard InChI is InChI=1S/C24H26N6O2/c1-3-17-9-12-30-16-19(25-20(30)15-17)24(18-7-5-4-6-8-18)10-13-29(14-11-24)22(31)21-26-23(32)28(2)27-21/h4-9,12,15-16H,3,10-11,13-14H2,1-2H3,(H,26,27,32). The van der Waals surface area contributed by atoms with Crippen molar-refractivity contribution in [2.75, 3.05) is 13.1 Å². The van der Waals surface area contributed by atoms with E-state index in [2.05, 4.69) is 70.2 Å². The Morgan fingerprint density at radius 2 is 1.91 bits per heavy atom. The van der Waals surface area contributed by atoms with Crippen molar-refractivity contribution in [3.63, 3.8) is 0 Å². The van der Waals surface area contributed by atoms with Gasteiger partial charge in [0.25, 0.3) is 5.91 Å². The molecule has 0 bridgehead atoms. The first kappa shape index (κ1) is 20.2. The van der Waals surface area contributed by atoms with E-state index in [4.69, 9.17) is 4.98 Å². The van der Waals surface area contributed by atoms with Crippen molar-refractivity contribution < 1.29 is 4.79 Å². The van der Waals surface area contributed by atoms with Crippen molar-refractivity contribution in [3.8, 4) is 0 Å². The number of nitrogens with zero attached hydrogens (tertiary/aromatic N) is 5. The second-order valence-corrected chi connectivity index (χ2v) is 8.42. The van der Waals surface area contributed by atoms with E-state index in [-0.39, 0.29) is 22.8 Å². The summed E-state index contributed by atoms with van der Waals surface area (Å²) in [4.78, 5) is 34.0. The monoisotopic (exact) mass is 430 g/mol. The lowest BCUT2D eigenvalue weighted by Crippen LogP contribution is -2.46. The number of rotatable bonds is 4. The molecule has 0 unspecified atom stereocenters. The Bertz CT molecular complexity index is 1330. The van der Waals surface area contributed by atoms with Gasteiger partial charge in [0.05, 0.1) is 5.69 Å². The number of carbonyl (C=O) groups excluding carboxylic acids is 1. The van der Waals surface area contributed by atoms with E-state index < -0.39 is 0 Å². The smallest absolute Gasteiger partial charge is 0.336 e. The van der Waals surface area contributed by atoms with E-state index in [1.807, 2.05) is 6.07 Å². The zero-order chi connectivity index (χ0) is 22.3. The fraction of sp³-hybridized carbons (Fsp3) is 0.333. The van der Waals surface area contributed by atoms with Crippen molar-refractivity contribution in [2.24, 2.45) is 7.05 Å². The zero-order valence-electron chi connectivity index (χ0n) is 18.3. The maximum Gasteiger partial charge on any atom is 0.343 e. The van der Waals surface area contributed by atoms with Gasteiger partial charge in [0.15, 0.2) is 0 Å². The highest BCUT2D eigenvalue weighted by Crippen LogP contribution is 2.41. The number of aryl methyl sites for hydroxylation is 2. The fourth-order valence-electron chi connectivity index (χ4n) is 4.66. The number of hydrogen-bond donors (Lipinski definition) is 1. The number of fused-ring (bicyclic) bond motifs is 1. The average molecular weight is 431 g/mol. The van der Waals surface area contributed by atoms with Crippen LogP contribution in [0.4, 0.5) is 0 Å². The summed E-state index contributed by atoms with van der Waals surface area (Å²) in [5, 5.41) is 4.02. The molecule has 8 heteroatoms. The number of imidazole rings is 1. The summed E-state index contributed by atoms with van der Waals surface area (Å²) in [5.41, 5.74) is 3.76. The quantitative estimate of drug-likeness (QED) is 0.539. The maximum atomic E-state index is 12.9. The van der Waals surface area contributed by atoms with Crippen molar-refractivity contribution >= 4 is 11.6 Å². The molecule has 1 fully saturated rings. The molecule has 32 heavy (non-hydrogen) atoms. The molecule has 4 aromatic rings. The average Bonchev–Trinajstić information content (AvgIpc) is 3.41. The van der Waals surface area contributed by atoms with Gasteiger partial charge in [0.2, 0.25) is 5.82 Å². The van der Waals surface area contributed by atoms with Crippen LogP contribution in [0.5, 0.6) is 0 Å². The number of hydrogen-bond acceptors (Lipinski definition) is 4. The fourth-order valence-corrected chi connectivity index (χ4v) is 4.66. The Kier molecular flexibility index (Phi) is 4.92. The second-order valence-electron chi connectivity index (χ2n) is 8.42. The first-order chi connectivity index (χ1) is 15.5. The number of benzene rings is 1. The summed E-state index contributed by atoms with van der Waals surface area (Å²) in [6.45, 7) is 3.25. The predicted octanol–water partition coefficient (Wildman–Crippen LogP) is 2.54. The summed E-state index contributed by atoms with van der Waals surface area (Å²) in [7, 11) is 1.53. The molecule has 1 aliphatic rings. The molecule has 5 rings (SSSR count). The van der Waals surface area contributed by atoms with E-state index in [1.165, 1.54) is 18.2 Å². The van der Waals surface area contributed by atoms with Crippen LogP contribution in [0.2, 0.25) is 0 Å². The third-order valence-electron chi connectivity index (χ3n) is 6.63. The number of pyridine rings is 1. The molecule has 1 aliphatic heterocycles. The molecule has 164 valence electrons. The zero-order valence-corrected chi connectivity index (χ0v) is 18.3. The third kappa shape index (κ3) is 3.32. The van der Waals surface area contributed by atoms with Crippen LogP contribution < -0.4 is 5.69 Å². The maximum absolute atomic E-state index is 12.9. The number of piperidine rings is 1. The van der Waals surface area contributed by atoms with Crippen molar-refractivity contribution in [2.45, 2.75) is 31.6 Å². The Morgan fingerprint density at radius 1 is 1.16 bits per heavy atom. The molecule has 1 aromatic carbocycles. The molecule has 0 saturated carbocycles. The molecule has 1 saturated heterocycles. The molecule has 8 nitrogen and oxygen atoms in total. The molecule has 1 N–H and O–H groups in total. The van der Waals surface area contributed by atoms with E-state index in [0.29, 0.717) is 13.1 Å². The number of nitrogens with one attached hydrogen (secondary N) is 1. The van der Waals surface area contributed by atoms with Crippen molar-refractivity contribution in [3.05, 3.63) is 88.0 Å². The van der Waals surface area contributed by atoms with Crippen LogP contribution in [0.15, 0.2) is 59.7 Å². The highest BCUT2D eigenvalue weighted by Gasteiger charge is 2.41. The minimum Gasteiger partial charge on any atom is -0.336 e. The van der Waals surface area contributed by atoms with Crippen LogP contribution in [-0.2, 0) is 18.9 Å². The van der Waals surface area contributed by atoms with Gasteiger partial charge in [0, 0.05) is 37.9 Å². The summed E-state index contributed by atoms with van der Waals surface area (Å²) in [5.74, 6) is -0.156. The highest BCUT2D eigenvalue weighted by molar-refractivity contribution is 5.90. The summed E-state index contributed by atoms with van der Waals surface area (Å²) >= 11 is 0. The number of aromatic amines is 1. The van der Waals surface area contributed by atoms with Gasteiger partial charge in [-0.3, -0.25) is 9.78 Å². The molecular weight excluding hydrogens is 404 g/mol. The molecule has 1 amide bonds. The van der Waals surface area contributed by atoms with E-state index in [9.17, 15) is 9.59 Å². The van der Waals surface area contributed by atoms with Crippen LogP contribution in [-0.4, -0.2) is 48.0 Å². The van der Waals surface area contributed by atoms with E-state index in [1.54, 1.807) is 4.90 Å². The molecule has 0 radical (unpaired) electrons. The lowest BCUT2D eigenvalue weighted by Gasteiger charge is -2.41. The summed E-state index contributed by atoms with van der Waals surface area (Å²) in [6, 6.07) is 14.7. The molecule has 0 atom stereocenters. The first-order valence-corrected chi connectivity index (χ1v) is 11.0. The molecule has 0 spiro atoms. The normalized spacial score (nSPS) is 15.9. The molecule has 4 heterocycles. The van der Waals surface area contributed by atoms with Gasteiger partial charge in [-0.15, -0.1) is 5.10 Å². The SMILES string of the molecule is CCc1ccn2cc(C3(c4ccccc4)CCN(C(=O)c4nn(C)c(=O)[nH]4)CC3)nc2c1. The number of H-pyrrole nitrogens is 1. The number of amides is 1. The third-order valence-corrected chi connectivity index (χ3v) is 6.63. The molecular formula is C24H26N6O2. The van der Waals surface area contributed by atoms with Gasteiger partial charge in [0.1, 0.15) is 5.65 Å². The Labute approximate surface area is 185 Å². The Morgan fingerprint density at radius 3 is 2.56 bits per heavy atom. The van der Waals surface area contributed by atoms with Crippen LogP contribution in [0.25, 0.3) is 5.65 Å². The van der Waals surface area contributed by atoms with E-state index in [0.717, 1.165) is 35.3 Å². The predicted molar refractivity (Wildman–Crippen MR) is 121 cm³/mol. The minimum atomic E-state index is -0.389. The van der Waals surface area contributed by atoms with Gasteiger partial charge < -0.3 is 9.30 Å². The van der Waals surface area contributed by atoms with Gasteiger partial charge in [-0.25, -0.2) is 14.5 Å². The minimum absolute atomic E-state index is 0.0875. The lowest BCUT2D eigenvalue weighted by molar-refractivity contribution is 0.0671. The van der Waals surface area contributed by atoms with Gasteiger partial charge in [-0.2, -0.15) is 0 Å². The van der Waals surface area contributed by atoms with Crippen LogP contribution in [0.1, 0.15) is 47.2 Å². The molecule has 0 aliphatic carbocycles. The number of carbonyl (C=O) groups is 1. The van der Waals surface area contributed by atoms with Crippen LogP contribution in [0, 0.1) is 0 Å². The first-order valence-electron chi connectivity index (χ1n) is 11.0. The van der Waals surface area contributed by atoms with Gasteiger partial charge in [-0.1, -0.05) is 37.3 Å². The van der Waals surface area contributed by atoms with Crippen LogP contribution in [0.3, 0.4) is 0 Å².